The molecule has 156 valence electrons. The molecule has 0 bridgehead atoms. The summed E-state index contributed by atoms with van der Waals surface area (Å²) in [5, 5.41) is 0. The molecule has 2 atom stereocenters. The highest BCUT2D eigenvalue weighted by Gasteiger charge is 2.35. The molecule has 28 heavy (non-hydrogen) atoms. The Morgan fingerprint density at radius 2 is 1.86 bits per heavy atom. The zero-order chi connectivity index (χ0) is 20.1. The molecule has 1 aromatic rings. The molecule has 0 aromatic heterocycles. The first-order valence-electron chi connectivity index (χ1n) is 10.6. The van der Waals surface area contributed by atoms with Crippen molar-refractivity contribution < 1.29 is 13.2 Å². The van der Waals surface area contributed by atoms with Crippen molar-refractivity contribution in [3.63, 3.8) is 0 Å². The molecule has 1 aliphatic carbocycles. The maximum absolute atomic E-state index is 12.8. The van der Waals surface area contributed by atoms with Gasteiger partial charge in [-0.25, -0.2) is 0 Å². The third kappa shape index (κ3) is 4.93. The molecule has 0 radical (unpaired) electrons. The highest BCUT2D eigenvalue weighted by Crippen LogP contribution is 2.36. The molecule has 1 heterocycles. The summed E-state index contributed by atoms with van der Waals surface area (Å²) in [6.07, 6.45) is 5.87. The number of benzene rings is 1. The van der Waals surface area contributed by atoms with E-state index in [1.807, 2.05) is 26.0 Å². The summed E-state index contributed by atoms with van der Waals surface area (Å²) >= 11 is 0. The lowest BCUT2D eigenvalue weighted by molar-refractivity contribution is 0.0773. The third-order valence-corrected chi connectivity index (χ3v) is 7.80. The molecule has 1 aromatic carbocycles. The fourth-order valence-electron chi connectivity index (χ4n) is 4.56. The van der Waals surface area contributed by atoms with Crippen molar-refractivity contribution in [2.75, 3.05) is 26.2 Å². The van der Waals surface area contributed by atoms with E-state index >= 15 is 0 Å². The normalized spacial score (nSPS) is 23.2. The first kappa shape index (κ1) is 21.3. The fraction of sp³-hybridized carbons (Fsp3) is 0.667. The Hall–Kier alpha value is -1.44. The average molecular weight is 408 g/mol. The number of carbonyl (C=O) groups excluding carboxylic acids is 1. The van der Waals surface area contributed by atoms with Gasteiger partial charge in [0, 0.05) is 38.3 Å². The first-order chi connectivity index (χ1) is 13.4. The highest BCUT2D eigenvalue weighted by molar-refractivity contribution is 7.87. The zero-order valence-electron chi connectivity index (χ0n) is 17.1. The largest absolute Gasteiger partial charge is 0.339 e. The maximum atomic E-state index is 12.8. The van der Waals surface area contributed by atoms with Gasteiger partial charge < -0.3 is 4.90 Å². The van der Waals surface area contributed by atoms with Crippen LogP contribution in [0.4, 0.5) is 0 Å². The van der Waals surface area contributed by atoms with Crippen LogP contribution in [0.5, 0.6) is 0 Å². The van der Waals surface area contributed by atoms with Crippen molar-refractivity contribution in [2.45, 2.75) is 52.5 Å². The van der Waals surface area contributed by atoms with Crippen LogP contribution >= 0.6 is 0 Å². The number of piperidine rings is 1. The molecule has 1 N–H and O–H groups in total. The molecule has 1 saturated heterocycles. The van der Waals surface area contributed by atoms with Crippen LogP contribution in [0.25, 0.3) is 0 Å². The quantitative estimate of drug-likeness (QED) is 0.755. The molecule has 7 heteroatoms. The van der Waals surface area contributed by atoms with Gasteiger partial charge in [-0.3, -0.25) is 4.79 Å². The highest BCUT2D eigenvalue weighted by atomic mass is 32.2. The summed E-state index contributed by atoms with van der Waals surface area (Å²) in [7, 11) is -3.50. The first-order valence-corrected chi connectivity index (χ1v) is 12.0. The SMILES string of the molecule is CCN(CC)C(=O)c1cccc(CNS(=O)(=O)N2CCC3CCCCC3C2)c1. The molecule has 2 unspecified atom stereocenters. The molecule has 1 saturated carbocycles. The summed E-state index contributed by atoms with van der Waals surface area (Å²) in [6, 6.07) is 7.24. The minimum Gasteiger partial charge on any atom is -0.339 e. The monoisotopic (exact) mass is 407 g/mol. The number of hydrogen-bond donors (Lipinski definition) is 1. The van der Waals surface area contributed by atoms with Crippen LogP contribution in [0.15, 0.2) is 24.3 Å². The van der Waals surface area contributed by atoms with E-state index in [1.165, 1.54) is 19.3 Å². The molecular formula is C21H33N3O3S. The number of nitrogens with one attached hydrogen (secondary N) is 1. The van der Waals surface area contributed by atoms with Crippen LogP contribution in [0.3, 0.4) is 0 Å². The van der Waals surface area contributed by atoms with Gasteiger partial charge in [0.05, 0.1) is 0 Å². The van der Waals surface area contributed by atoms with Crippen LogP contribution < -0.4 is 4.72 Å². The van der Waals surface area contributed by atoms with Gasteiger partial charge >= 0.3 is 0 Å². The van der Waals surface area contributed by atoms with Gasteiger partial charge in [0.15, 0.2) is 0 Å². The number of carbonyl (C=O) groups is 1. The average Bonchev–Trinajstić information content (AvgIpc) is 2.73. The van der Waals surface area contributed by atoms with E-state index in [-0.39, 0.29) is 12.5 Å². The third-order valence-electron chi connectivity index (χ3n) is 6.28. The molecule has 2 aliphatic rings. The van der Waals surface area contributed by atoms with Crippen molar-refractivity contribution in [3.05, 3.63) is 35.4 Å². The molecule has 0 spiro atoms. The van der Waals surface area contributed by atoms with Gasteiger partial charge in [-0.2, -0.15) is 17.4 Å². The van der Waals surface area contributed by atoms with Crippen molar-refractivity contribution in [2.24, 2.45) is 11.8 Å². The Labute approximate surface area is 169 Å². The van der Waals surface area contributed by atoms with E-state index in [1.54, 1.807) is 21.3 Å². The lowest BCUT2D eigenvalue weighted by Crippen LogP contribution is -2.48. The Bertz CT molecular complexity index is 777. The minimum absolute atomic E-state index is 0.0194. The standard InChI is InChI=1S/C21H33N3O3S/c1-3-23(4-2)21(25)19-11-7-8-17(14-19)15-22-28(26,27)24-13-12-18-9-5-6-10-20(18)16-24/h7-8,11,14,18,20,22H,3-6,9-10,12-13,15-16H2,1-2H3. The Kier molecular flexibility index (Phi) is 7.12. The van der Waals surface area contributed by atoms with Crippen molar-refractivity contribution in [1.82, 2.24) is 13.9 Å². The van der Waals surface area contributed by atoms with Crippen LogP contribution in [0.1, 0.15) is 61.9 Å². The van der Waals surface area contributed by atoms with Gasteiger partial charge in [-0.05, 0) is 56.2 Å². The Morgan fingerprint density at radius 3 is 2.57 bits per heavy atom. The second-order valence-electron chi connectivity index (χ2n) is 7.96. The summed E-state index contributed by atoms with van der Waals surface area (Å²) in [5.74, 6) is 1.19. The summed E-state index contributed by atoms with van der Waals surface area (Å²) < 4.78 is 29.9. The van der Waals surface area contributed by atoms with E-state index in [2.05, 4.69) is 4.72 Å². The van der Waals surface area contributed by atoms with Crippen molar-refractivity contribution >= 4 is 16.1 Å². The zero-order valence-corrected chi connectivity index (χ0v) is 17.9. The minimum atomic E-state index is -3.50. The summed E-state index contributed by atoms with van der Waals surface area (Å²) in [4.78, 5) is 14.3. The Morgan fingerprint density at radius 1 is 1.14 bits per heavy atom. The number of hydrogen-bond acceptors (Lipinski definition) is 3. The van der Waals surface area contributed by atoms with E-state index in [4.69, 9.17) is 0 Å². The molecule has 3 rings (SSSR count). The lowest BCUT2D eigenvalue weighted by Gasteiger charge is -2.40. The molecular weight excluding hydrogens is 374 g/mol. The van der Waals surface area contributed by atoms with Crippen LogP contribution in [0, 0.1) is 11.8 Å². The maximum Gasteiger partial charge on any atom is 0.279 e. The lowest BCUT2D eigenvalue weighted by atomic mass is 9.76. The van der Waals surface area contributed by atoms with Crippen LogP contribution in [0.2, 0.25) is 0 Å². The number of fused-ring (bicyclic) bond motifs is 1. The van der Waals surface area contributed by atoms with E-state index < -0.39 is 10.2 Å². The molecule has 1 aliphatic heterocycles. The topological polar surface area (TPSA) is 69.7 Å². The summed E-state index contributed by atoms with van der Waals surface area (Å²) in [6.45, 7) is 6.67. The van der Waals surface area contributed by atoms with Crippen LogP contribution in [-0.4, -0.2) is 49.7 Å². The van der Waals surface area contributed by atoms with Crippen LogP contribution in [-0.2, 0) is 16.8 Å². The summed E-state index contributed by atoms with van der Waals surface area (Å²) in [5.41, 5.74) is 1.40. The molecule has 6 nitrogen and oxygen atoms in total. The van der Waals surface area contributed by atoms with E-state index in [0.717, 1.165) is 18.4 Å². The second kappa shape index (κ2) is 9.37. The van der Waals surface area contributed by atoms with E-state index in [0.29, 0.717) is 43.6 Å². The predicted molar refractivity (Wildman–Crippen MR) is 111 cm³/mol. The number of amides is 1. The number of nitrogens with zero attached hydrogens (tertiary/aromatic N) is 2. The Balaban J connectivity index is 1.61. The van der Waals surface area contributed by atoms with Gasteiger partial charge in [-0.15, -0.1) is 0 Å². The van der Waals surface area contributed by atoms with Gasteiger partial charge in [0.2, 0.25) is 0 Å². The fourth-order valence-corrected chi connectivity index (χ4v) is 5.82. The predicted octanol–water partition coefficient (Wildman–Crippen LogP) is 3.02. The number of rotatable bonds is 7. The van der Waals surface area contributed by atoms with Crippen molar-refractivity contribution in [3.8, 4) is 0 Å². The van der Waals surface area contributed by atoms with Gasteiger partial charge in [-0.1, -0.05) is 31.4 Å². The second-order valence-corrected chi connectivity index (χ2v) is 9.71. The smallest absolute Gasteiger partial charge is 0.279 e. The molecule has 1 amide bonds. The van der Waals surface area contributed by atoms with Gasteiger partial charge in [0.1, 0.15) is 0 Å². The van der Waals surface area contributed by atoms with Crippen molar-refractivity contribution in [1.29, 1.82) is 0 Å². The molecule has 2 fully saturated rings. The van der Waals surface area contributed by atoms with E-state index in [9.17, 15) is 13.2 Å². The van der Waals surface area contributed by atoms with Gasteiger partial charge in [0.25, 0.3) is 16.1 Å².